The Bertz CT molecular complexity index is 1020. The van der Waals surface area contributed by atoms with Gasteiger partial charge >= 0.3 is 0 Å². The highest BCUT2D eigenvalue weighted by atomic mass is 35.5. The molecule has 0 spiro atoms. The van der Waals surface area contributed by atoms with Gasteiger partial charge in [-0.3, -0.25) is 4.31 Å². The summed E-state index contributed by atoms with van der Waals surface area (Å²) in [5.74, 6) is 0.611. The van der Waals surface area contributed by atoms with Gasteiger partial charge in [0, 0.05) is 5.56 Å². The zero-order valence-electron chi connectivity index (χ0n) is 14.6. The standard InChI is InChI=1S/C15H19N3O5S3.ClH/c1-3-17-13-9-18(10-4-6-11(23-2)7-5-10)26(21,22)15-12(13)8-14(24-15)25(16,19)20;/h4-8,13,17H,3,9H2,1-2H3,(H2,16,19,20);1H/t13-;/m0./s1. The molecule has 3 rings (SSSR count). The van der Waals surface area contributed by atoms with Crippen molar-refractivity contribution in [2.24, 2.45) is 5.14 Å². The number of nitrogens with one attached hydrogen (secondary N) is 1. The number of nitrogens with zero attached hydrogens (tertiary/aromatic N) is 1. The minimum atomic E-state index is -3.99. The number of fused-ring (bicyclic) bond motifs is 1. The Hall–Kier alpha value is -1.37. The van der Waals surface area contributed by atoms with Crippen LogP contribution in [-0.2, 0) is 20.0 Å². The third-order valence-corrected chi connectivity index (χ3v) is 8.93. The molecule has 3 N–H and O–H groups in total. The Kier molecular flexibility index (Phi) is 6.44. The highest BCUT2D eigenvalue weighted by molar-refractivity contribution is 7.96. The van der Waals surface area contributed by atoms with Gasteiger partial charge in [-0.1, -0.05) is 6.92 Å². The third kappa shape index (κ3) is 4.08. The van der Waals surface area contributed by atoms with Crippen molar-refractivity contribution in [1.29, 1.82) is 0 Å². The fourth-order valence-electron chi connectivity index (χ4n) is 2.83. The molecule has 0 aliphatic carbocycles. The van der Waals surface area contributed by atoms with Crippen LogP contribution in [0, 0.1) is 0 Å². The van der Waals surface area contributed by atoms with Crippen molar-refractivity contribution in [1.82, 2.24) is 5.32 Å². The number of hydrogen-bond donors (Lipinski definition) is 2. The predicted molar refractivity (Wildman–Crippen MR) is 107 cm³/mol. The molecule has 150 valence electrons. The number of hydrogen-bond acceptors (Lipinski definition) is 7. The second-order valence-corrected chi connectivity index (χ2v) is 10.6. The molecule has 0 saturated heterocycles. The summed E-state index contributed by atoms with van der Waals surface area (Å²) in [5, 5.41) is 8.40. The van der Waals surface area contributed by atoms with Crippen LogP contribution in [0.3, 0.4) is 0 Å². The molecule has 1 atom stereocenters. The number of halogens is 1. The highest BCUT2D eigenvalue weighted by Gasteiger charge is 2.40. The minimum absolute atomic E-state index is 0. The highest BCUT2D eigenvalue weighted by Crippen LogP contribution is 2.41. The molecule has 8 nitrogen and oxygen atoms in total. The molecular formula is C15H20ClN3O5S3. The van der Waals surface area contributed by atoms with E-state index < -0.39 is 20.0 Å². The fourth-order valence-corrected chi connectivity index (χ4v) is 7.08. The molecule has 0 fully saturated rings. The fraction of sp³-hybridized carbons (Fsp3) is 0.333. The second kappa shape index (κ2) is 7.94. The van der Waals surface area contributed by atoms with Gasteiger partial charge in [-0.15, -0.1) is 23.7 Å². The minimum Gasteiger partial charge on any atom is -0.497 e. The Morgan fingerprint density at radius 2 is 1.96 bits per heavy atom. The van der Waals surface area contributed by atoms with Crippen LogP contribution in [0.4, 0.5) is 5.69 Å². The molecule has 2 heterocycles. The summed E-state index contributed by atoms with van der Waals surface area (Å²) in [7, 11) is -6.35. The van der Waals surface area contributed by atoms with Gasteiger partial charge in [0.05, 0.1) is 25.4 Å². The van der Waals surface area contributed by atoms with Gasteiger partial charge < -0.3 is 10.1 Å². The maximum absolute atomic E-state index is 13.1. The third-order valence-electron chi connectivity index (χ3n) is 4.04. The summed E-state index contributed by atoms with van der Waals surface area (Å²) in [6.45, 7) is 2.64. The normalized spacial score (nSPS) is 18.5. The van der Waals surface area contributed by atoms with Crippen LogP contribution in [0.2, 0.25) is 0 Å². The number of anilines is 1. The van der Waals surface area contributed by atoms with Gasteiger partial charge in [-0.25, -0.2) is 22.0 Å². The van der Waals surface area contributed by atoms with Crippen LogP contribution >= 0.6 is 23.7 Å². The summed E-state index contributed by atoms with van der Waals surface area (Å²) in [6, 6.07) is 7.66. The molecule has 0 bridgehead atoms. The van der Waals surface area contributed by atoms with E-state index in [1.54, 1.807) is 24.3 Å². The van der Waals surface area contributed by atoms with Crippen molar-refractivity contribution in [3.8, 4) is 5.75 Å². The van der Waals surface area contributed by atoms with Crippen LogP contribution in [0.1, 0.15) is 18.5 Å². The maximum atomic E-state index is 13.1. The summed E-state index contributed by atoms with van der Waals surface area (Å²) >= 11 is 0.678. The number of ether oxygens (including phenoxy) is 1. The molecule has 0 saturated carbocycles. The van der Waals surface area contributed by atoms with Crippen LogP contribution in [0.15, 0.2) is 38.8 Å². The van der Waals surface area contributed by atoms with Gasteiger partial charge in [0.15, 0.2) is 0 Å². The van der Waals surface area contributed by atoms with Crippen molar-refractivity contribution in [3.63, 3.8) is 0 Å². The van der Waals surface area contributed by atoms with Crippen molar-refractivity contribution < 1.29 is 21.6 Å². The molecular weight excluding hydrogens is 434 g/mol. The molecule has 0 radical (unpaired) electrons. The summed E-state index contributed by atoms with van der Waals surface area (Å²) in [5.41, 5.74) is 0.913. The topological polar surface area (TPSA) is 119 Å². The molecule has 0 amide bonds. The Balaban J connectivity index is 0.00000261. The van der Waals surface area contributed by atoms with E-state index in [2.05, 4.69) is 5.32 Å². The summed E-state index contributed by atoms with van der Waals surface area (Å²) in [6.07, 6.45) is 0. The van der Waals surface area contributed by atoms with E-state index in [-0.39, 0.29) is 33.4 Å². The van der Waals surface area contributed by atoms with Crippen LogP contribution < -0.4 is 19.5 Å². The first-order valence-electron chi connectivity index (χ1n) is 7.75. The van der Waals surface area contributed by atoms with E-state index in [1.807, 2.05) is 6.92 Å². The number of thiophene rings is 1. The van der Waals surface area contributed by atoms with E-state index >= 15 is 0 Å². The van der Waals surface area contributed by atoms with Crippen LogP contribution in [0.25, 0.3) is 0 Å². The van der Waals surface area contributed by atoms with Crippen molar-refractivity contribution in [3.05, 3.63) is 35.9 Å². The summed E-state index contributed by atoms with van der Waals surface area (Å²) < 4.78 is 55.8. The number of benzene rings is 1. The predicted octanol–water partition coefficient (Wildman–Crippen LogP) is 1.69. The average Bonchev–Trinajstić information content (AvgIpc) is 3.05. The number of nitrogens with two attached hydrogens (primary N) is 1. The van der Waals surface area contributed by atoms with E-state index in [9.17, 15) is 16.8 Å². The quantitative estimate of drug-likeness (QED) is 0.710. The van der Waals surface area contributed by atoms with Crippen LogP contribution in [0.5, 0.6) is 5.75 Å². The van der Waals surface area contributed by atoms with E-state index in [0.29, 0.717) is 34.9 Å². The number of rotatable bonds is 5. The maximum Gasteiger partial charge on any atom is 0.274 e. The number of likely N-dealkylation sites (N-methyl/N-ethyl adjacent to an activating group) is 1. The summed E-state index contributed by atoms with van der Waals surface area (Å²) in [4.78, 5) is 0. The average molecular weight is 454 g/mol. The molecule has 27 heavy (non-hydrogen) atoms. The monoisotopic (exact) mass is 453 g/mol. The SMILES string of the molecule is CCN[C@H]1CN(c2ccc(OC)cc2)S(=O)(=O)c2sc(S(N)(=O)=O)cc21.Cl. The number of sulfonamides is 2. The Morgan fingerprint density at radius 1 is 1.33 bits per heavy atom. The first kappa shape index (κ1) is 21.9. The molecule has 2 aromatic rings. The number of methoxy groups -OCH3 is 1. The molecule has 1 aliphatic rings. The van der Waals surface area contributed by atoms with E-state index in [1.165, 1.54) is 17.5 Å². The van der Waals surface area contributed by atoms with Gasteiger partial charge in [-0.05, 0) is 36.9 Å². The Labute approximate surface area is 168 Å². The van der Waals surface area contributed by atoms with Crippen LogP contribution in [-0.4, -0.2) is 37.0 Å². The van der Waals surface area contributed by atoms with E-state index in [0.717, 1.165) is 0 Å². The zero-order valence-corrected chi connectivity index (χ0v) is 17.8. The van der Waals surface area contributed by atoms with E-state index in [4.69, 9.17) is 9.88 Å². The molecule has 0 unspecified atom stereocenters. The van der Waals surface area contributed by atoms with Crippen molar-refractivity contribution in [2.45, 2.75) is 21.4 Å². The van der Waals surface area contributed by atoms with Crippen molar-refractivity contribution in [2.75, 3.05) is 24.5 Å². The Morgan fingerprint density at radius 3 is 2.48 bits per heavy atom. The number of primary sulfonamides is 1. The lowest BCUT2D eigenvalue weighted by Gasteiger charge is -2.33. The lowest BCUT2D eigenvalue weighted by Crippen LogP contribution is -2.43. The second-order valence-electron chi connectivity index (χ2n) is 5.70. The van der Waals surface area contributed by atoms with Gasteiger partial charge in [0.1, 0.15) is 14.2 Å². The lowest BCUT2D eigenvalue weighted by atomic mass is 10.1. The molecule has 12 heteroatoms. The largest absolute Gasteiger partial charge is 0.497 e. The molecule has 1 aliphatic heterocycles. The van der Waals surface area contributed by atoms with Gasteiger partial charge in [-0.2, -0.15) is 0 Å². The smallest absolute Gasteiger partial charge is 0.274 e. The van der Waals surface area contributed by atoms with Gasteiger partial charge in [0.25, 0.3) is 10.0 Å². The van der Waals surface area contributed by atoms with Crippen molar-refractivity contribution >= 4 is 49.5 Å². The first-order chi connectivity index (χ1) is 12.2. The molecule has 1 aromatic carbocycles. The molecule has 1 aromatic heterocycles. The van der Waals surface area contributed by atoms with Gasteiger partial charge in [0.2, 0.25) is 10.0 Å². The zero-order chi connectivity index (χ0) is 19.1. The lowest BCUT2D eigenvalue weighted by molar-refractivity contribution is 0.415. The first-order valence-corrected chi connectivity index (χ1v) is 11.6.